The lowest BCUT2D eigenvalue weighted by atomic mass is 10.1. The number of imidazole rings is 1. The van der Waals surface area contributed by atoms with Crippen molar-refractivity contribution in [3.8, 4) is 11.4 Å². The normalized spacial score (nSPS) is 10.8. The number of nitrogens with zero attached hydrogens (tertiary/aromatic N) is 1. The number of aromatic amines is 1. The van der Waals surface area contributed by atoms with Gasteiger partial charge in [-0.25, -0.2) is 9.37 Å². The first-order valence-electron chi connectivity index (χ1n) is 8.27. The predicted octanol–water partition coefficient (Wildman–Crippen LogP) is 4.55. The summed E-state index contributed by atoms with van der Waals surface area (Å²) in [5.74, 6) is 0.143. The highest BCUT2D eigenvalue weighted by Gasteiger charge is 2.09. The number of halogens is 1. The third kappa shape index (κ3) is 3.32. The van der Waals surface area contributed by atoms with Crippen molar-refractivity contribution < 1.29 is 9.18 Å². The standard InChI is InChI=1S/C21H16FN3O/c22-17-6-2-1-5-15(17)13-20(26)23-16-11-9-14(10-12-16)21-24-18-7-3-4-8-19(18)25-21/h1-12H,13H2,(H,23,26)(H,24,25). The summed E-state index contributed by atoms with van der Waals surface area (Å²) in [5.41, 5.74) is 3.85. The van der Waals surface area contributed by atoms with E-state index < -0.39 is 0 Å². The number of H-pyrrole nitrogens is 1. The number of nitrogens with one attached hydrogen (secondary N) is 2. The van der Waals surface area contributed by atoms with Gasteiger partial charge < -0.3 is 10.3 Å². The van der Waals surface area contributed by atoms with Gasteiger partial charge in [-0.3, -0.25) is 4.79 Å². The van der Waals surface area contributed by atoms with Gasteiger partial charge in [0.05, 0.1) is 17.5 Å². The van der Waals surface area contributed by atoms with Gasteiger partial charge in [0.1, 0.15) is 11.6 Å². The van der Waals surface area contributed by atoms with Crippen LogP contribution in [-0.4, -0.2) is 15.9 Å². The first-order chi connectivity index (χ1) is 12.7. The fourth-order valence-corrected chi connectivity index (χ4v) is 2.82. The predicted molar refractivity (Wildman–Crippen MR) is 100 cm³/mol. The van der Waals surface area contributed by atoms with Gasteiger partial charge in [0.2, 0.25) is 5.91 Å². The zero-order chi connectivity index (χ0) is 17.9. The fraction of sp³-hybridized carbons (Fsp3) is 0.0476. The van der Waals surface area contributed by atoms with Crippen LogP contribution in [-0.2, 0) is 11.2 Å². The highest BCUT2D eigenvalue weighted by atomic mass is 19.1. The Bertz CT molecular complexity index is 1040. The maximum absolute atomic E-state index is 13.6. The van der Waals surface area contributed by atoms with Crippen LogP contribution in [0.1, 0.15) is 5.56 Å². The number of anilines is 1. The molecule has 2 N–H and O–H groups in total. The van der Waals surface area contributed by atoms with Gasteiger partial charge in [0, 0.05) is 11.3 Å². The molecule has 0 unspecified atom stereocenters. The maximum Gasteiger partial charge on any atom is 0.228 e. The number of fused-ring (bicyclic) bond motifs is 1. The number of hydrogen-bond donors (Lipinski definition) is 2. The maximum atomic E-state index is 13.6. The van der Waals surface area contributed by atoms with Gasteiger partial charge in [0.15, 0.2) is 0 Å². The molecular weight excluding hydrogens is 329 g/mol. The molecule has 0 atom stereocenters. The number of benzene rings is 3. The Hall–Kier alpha value is -3.47. The molecule has 3 aromatic carbocycles. The van der Waals surface area contributed by atoms with Crippen molar-refractivity contribution in [2.24, 2.45) is 0 Å². The molecule has 0 radical (unpaired) electrons. The highest BCUT2D eigenvalue weighted by Crippen LogP contribution is 2.22. The molecule has 0 saturated heterocycles. The Balaban J connectivity index is 1.47. The van der Waals surface area contributed by atoms with Crippen molar-refractivity contribution in [3.05, 3.63) is 84.2 Å². The number of carbonyl (C=O) groups is 1. The molecule has 0 bridgehead atoms. The molecule has 0 aliphatic heterocycles. The molecule has 0 spiro atoms. The first-order valence-corrected chi connectivity index (χ1v) is 8.27. The minimum absolute atomic E-state index is 0.00199. The van der Waals surface area contributed by atoms with E-state index >= 15 is 0 Å². The largest absolute Gasteiger partial charge is 0.338 e. The van der Waals surface area contributed by atoms with Gasteiger partial charge in [0.25, 0.3) is 0 Å². The molecular formula is C21H16FN3O. The van der Waals surface area contributed by atoms with Gasteiger partial charge in [-0.2, -0.15) is 0 Å². The topological polar surface area (TPSA) is 57.8 Å². The van der Waals surface area contributed by atoms with E-state index in [1.807, 2.05) is 48.5 Å². The lowest BCUT2D eigenvalue weighted by Gasteiger charge is -2.07. The molecule has 5 heteroatoms. The van der Waals surface area contributed by atoms with Crippen molar-refractivity contribution in [2.75, 3.05) is 5.32 Å². The Labute approximate surface area is 149 Å². The molecule has 4 aromatic rings. The van der Waals surface area contributed by atoms with Crippen molar-refractivity contribution in [2.45, 2.75) is 6.42 Å². The lowest BCUT2D eigenvalue weighted by Crippen LogP contribution is -2.15. The van der Waals surface area contributed by atoms with Gasteiger partial charge in [-0.05, 0) is 48.0 Å². The van der Waals surface area contributed by atoms with Crippen molar-refractivity contribution >= 4 is 22.6 Å². The van der Waals surface area contributed by atoms with E-state index in [9.17, 15) is 9.18 Å². The Kier molecular flexibility index (Phi) is 4.19. The molecule has 4 rings (SSSR count). The molecule has 1 aromatic heterocycles. The van der Waals surface area contributed by atoms with Crippen LogP contribution in [0, 0.1) is 5.82 Å². The average molecular weight is 345 g/mol. The number of para-hydroxylation sites is 2. The number of hydrogen-bond acceptors (Lipinski definition) is 2. The van der Waals surface area contributed by atoms with Crippen molar-refractivity contribution in [1.82, 2.24) is 9.97 Å². The summed E-state index contributed by atoms with van der Waals surface area (Å²) in [7, 11) is 0. The average Bonchev–Trinajstić information content (AvgIpc) is 3.08. The number of amides is 1. The second kappa shape index (κ2) is 6.80. The Morgan fingerprint density at radius 3 is 2.46 bits per heavy atom. The molecule has 0 aliphatic rings. The van der Waals surface area contributed by atoms with Crippen LogP contribution < -0.4 is 5.32 Å². The van der Waals surface area contributed by atoms with E-state index in [0.29, 0.717) is 11.3 Å². The summed E-state index contributed by atoms with van der Waals surface area (Å²) in [5, 5.41) is 2.79. The van der Waals surface area contributed by atoms with E-state index in [1.54, 1.807) is 18.2 Å². The van der Waals surface area contributed by atoms with E-state index in [0.717, 1.165) is 22.4 Å². The monoisotopic (exact) mass is 345 g/mol. The Morgan fingerprint density at radius 2 is 1.69 bits per heavy atom. The van der Waals surface area contributed by atoms with E-state index in [4.69, 9.17) is 0 Å². The van der Waals surface area contributed by atoms with Crippen molar-refractivity contribution in [1.29, 1.82) is 0 Å². The molecule has 1 heterocycles. The first kappa shape index (κ1) is 16.0. The van der Waals surface area contributed by atoms with Crippen LogP contribution in [0.4, 0.5) is 10.1 Å². The summed E-state index contributed by atoms with van der Waals surface area (Å²) >= 11 is 0. The SMILES string of the molecule is O=C(Cc1ccccc1F)Nc1ccc(-c2nc3ccccc3[nH]2)cc1. The van der Waals surface area contributed by atoms with Gasteiger partial charge in [-0.15, -0.1) is 0 Å². The summed E-state index contributed by atoms with van der Waals surface area (Å²) < 4.78 is 13.6. The summed E-state index contributed by atoms with van der Waals surface area (Å²) in [6.07, 6.45) is -0.00199. The molecule has 0 fully saturated rings. The van der Waals surface area contributed by atoms with Crippen LogP contribution in [0.25, 0.3) is 22.4 Å². The van der Waals surface area contributed by atoms with Crippen LogP contribution in [0.15, 0.2) is 72.8 Å². The summed E-state index contributed by atoms with van der Waals surface area (Å²) in [6.45, 7) is 0. The zero-order valence-corrected chi connectivity index (χ0v) is 13.9. The van der Waals surface area contributed by atoms with Crippen LogP contribution in [0.2, 0.25) is 0 Å². The third-order valence-electron chi connectivity index (χ3n) is 4.14. The van der Waals surface area contributed by atoms with Crippen LogP contribution >= 0.6 is 0 Å². The number of aromatic nitrogens is 2. The fourth-order valence-electron chi connectivity index (χ4n) is 2.82. The smallest absolute Gasteiger partial charge is 0.228 e. The summed E-state index contributed by atoms with van der Waals surface area (Å²) in [6, 6.07) is 21.5. The van der Waals surface area contributed by atoms with Gasteiger partial charge >= 0.3 is 0 Å². The molecule has 0 saturated carbocycles. The summed E-state index contributed by atoms with van der Waals surface area (Å²) in [4.78, 5) is 19.9. The van der Waals surface area contributed by atoms with E-state index in [1.165, 1.54) is 6.07 Å². The molecule has 0 aliphatic carbocycles. The quantitative estimate of drug-likeness (QED) is 0.570. The second-order valence-electron chi connectivity index (χ2n) is 6.00. The highest BCUT2D eigenvalue weighted by molar-refractivity contribution is 5.92. The minimum Gasteiger partial charge on any atom is -0.338 e. The van der Waals surface area contributed by atoms with Crippen LogP contribution in [0.5, 0.6) is 0 Å². The van der Waals surface area contributed by atoms with Crippen molar-refractivity contribution in [3.63, 3.8) is 0 Å². The third-order valence-corrected chi connectivity index (χ3v) is 4.14. The molecule has 1 amide bonds. The van der Waals surface area contributed by atoms with E-state index in [2.05, 4.69) is 15.3 Å². The van der Waals surface area contributed by atoms with Crippen LogP contribution in [0.3, 0.4) is 0 Å². The number of rotatable bonds is 4. The molecule has 128 valence electrons. The zero-order valence-electron chi connectivity index (χ0n) is 13.9. The second-order valence-corrected chi connectivity index (χ2v) is 6.00. The minimum atomic E-state index is -0.372. The Morgan fingerprint density at radius 1 is 0.962 bits per heavy atom. The molecule has 26 heavy (non-hydrogen) atoms. The molecule has 4 nitrogen and oxygen atoms in total. The van der Waals surface area contributed by atoms with Gasteiger partial charge in [-0.1, -0.05) is 30.3 Å². The number of carbonyl (C=O) groups excluding carboxylic acids is 1. The lowest BCUT2D eigenvalue weighted by molar-refractivity contribution is -0.115. The van der Waals surface area contributed by atoms with E-state index in [-0.39, 0.29) is 18.1 Å².